The predicted molar refractivity (Wildman–Crippen MR) is 119 cm³/mol. The Bertz CT molecular complexity index is 552. The van der Waals surface area contributed by atoms with Crippen LogP contribution in [-0.4, -0.2) is 56.6 Å². The van der Waals surface area contributed by atoms with Crippen LogP contribution in [0.2, 0.25) is 0 Å². The minimum absolute atomic E-state index is 0.0362. The highest BCUT2D eigenvalue weighted by atomic mass is 16.7. The largest absolute Gasteiger partial charge is 0.378 e. The van der Waals surface area contributed by atoms with Crippen LogP contribution in [0.15, 0.2) is 0 Å². The zero-order valence-corrected chi connectivity index (χ0v) is 19.5. The fourth-order valence-electron chi connectivity index (χ4n) is 5.74. The van der Waals surface area contributed by atoms with E-state index in [1.54, 1.807) is 0 Å². The van der Waals surface area contributed by atoms with Crippen molar-refractivity contribution in [1.29, 1.82) is 0 Å². The van der Waals surface area contributed by atoms with Crippen molar-refractivity contribution in [3.8, 4) is 0 Å². The molecule has 31 heavy (non-hydrogen) atoms. The van der Waals surface area contributed by atoms with E-state index < -0.39 is 0 Å². The van der Waals surface area contributed by atoms with E-state index >= 15 is 0 Å². The van der Waals surface area contributed by atoms with Crippen molar-refractivity contribution in [3.63, 3.8) is 0 Å². The monoisotopic (exact) mass is 436 g/mol. The third-order valence-corrected chi connectivity index (χ3v) is 8.58. The second-order valence-corrected chi connectivity index (χ2v) is 11.0. The molecule has 5 fully saturated rings. The third kappa shape index (κ3) is 5.84. The van der Waals surface area contributed by atoms with Crippen LogP contribution in [0, 0.1) is 5.41 Å². The van der Waals surface area contributed by atoms with E-state index in [1.165, 1.54) is 83.5 Å². The van der Waals surface area contributed by atoms with E-state index in [9.17, 15) is 0 Å². The summed E-state index contributed by atoms with van der Waals surface area (Å²) in [4.78, 5) is 0. The molecule has 5 heteroatoms. The molecule has 5 nitrogen and oxygen atoms in total. The molecule has 0 spiro atoms. The van der Waals surface area contributed by atoms with Gasteiger partial charge in [0.05, 0.1) is 37.6 Å². The lowest BCUT2D eigenvalue weighted by molar-refractivity contribution is -0.261. The van der Waals surface area contributed by atoms with Gasteiger partial charge in [-0.2, -0.15) is 0 Å². The van der Waals surface area contributed by atoms with Crippen LogP contribution in [-0.2, 0) is 23.7 Å². The molecule has 5 aliphatic rings. The minimum Gasteiger partial charge on any atom is -0.378 e. The smallest absolute Gasteiger partial charge is 0.147 e. The second kappa shape index (κ2) is 10.4. The van der Waals surface area contributed by atoms with Crippen molar-refractivity contribution in [1.82, 2.24) is 0 Å². The summed E-state index contributed by atoms with van der Waals surface area (Å²) in [5, 5.41) is 0. The zero-order chi connectivity index (χ0) is 21.0. The van der Waals surface area contributed by atoms with Crippen molar-refractivity contribution in [2.24, 2.45) is 5.41 Å². The molecule has 5 saturated carbocycles. The summed E-state index contributed by atoms with van der Waals surface area (Å²) in [6.45, 7) is 2.68. The summed E-state index contributed by atoms with van der Waals surface area (Å²) in [5.74, 6) is 0. The van der Waals surface area contributed by atoms with Gasteiger partial charge in [0.2, 0.25) is 0 Å². The lowest BCUT2D eigenvalue weighted by Gasteiger charge is -2.53. The van der Waals surface area contributed by atoms with Gasteiger partial charge < -0.3 is 23.7 Å². The molecule has 178 valence electrons. The molecule has 0 saturated heterocycles. The Kier molecular flexibility index (Phi) is 7.56. The van der Waals surface area contributed by atoms with Gasteiger partial charge in [0.15, 0.2) is 0 Å². The second-order valence-electron chi connectivity index (χ2n) is 11.0. The fraction of sp³-hybridized carbons (Fsp3) is 1.00. The van der Waals surface area contributed by atoms with E-state index in [2.05, 4.69) is 0 Å². The summed E-state index contributed by atoms with van der Waals surface area (Å²) in [6.07, 6.45) is 20.9. The van der Waals surface area contributed by atoms with Gasteiger partial charge in [-0.1, -0.05) is 25.7 Å². The molecular weight excluding hydrogens is 392 g/mol. The quantitative estimate of drug-likeness (QED) is 0.335. The summed E-state index contributed by atoms with van der Waals surface area (Å²) >= 11 is 0. The number of ether oxygens (including phenoxy) is 5. The van der Waals surface area contributed by atoms with Gasteiger partial charge in [-0.25, -0.2) is 0 Å². The first-order valence-electron chi connectivity index (χ1n) is 13.4. The van der Waals surface area contributed by atoms with Gasteiger partial charge in [-0.05, 0) is 77.0 Å². The highest BCUT2D eigenvalue weighted by molar-refractivity contribution is 5.04. The summed E-state index contributed by atoms with van der Waals surface area (Å²) in [5.41, 5.74) is -0.354. The van der Waals surface area contributed by atoms with E-state index in [0.29, 0.717) is 37.8 Å². The molecule has 0 N–H and O–H groups in total. The maximum Gasteiger partial charge on any atom is 0.147 e. The minimum atomic E-state index is -0.318. The average molecular weight is 437 g/mol. The van der Waals surface area contributed by atoms with Crippen LogP contribution in [0.3, 0.4) is 0 Å². The Hall–Kier alpha value is -0.200. The zero-order valence-electron chi connectivity index (χ0n) is 19.5. The molecule has 2 atom stereocenters. The highest BCUT2D eigenvalue weighted by Crippen LogP contribution is 2.51. The summed E-state index contributed by atoms with van der Waals surface area (Å²) in [7, 11) is 0. The lowest BCUT2D eigenvalue weighted by atomic mass is 9.61. The van der Waals surface area contributed by atoms with Crippen LogP contribution >= 0.6 is 0 Å². The van der Waals surface area contributed by atoms with Crippen molar-refractivity contribution >= 4 is 0 Å². The van der Waals surface area contributed by atoms with Gasteiger partial charge >= 0.3 is 0 Å². The Morgan fingerprint density at radius 1 is 0.548 bits per heavy atom. The van der Waals surface area contributed by atoms with Crippen LogP contribution in [0.4, 0.5) is 0 Å². The Labute approximate surface area is 188 Å². The van der Waals surface area contributed by atoms with Crippen LogP contribution in [0.5, 0.6) is 0 Å². The molecule has 0 aromatic heterocycles. The molecular formula is C26H44O5. The van der Waals surface area contributed by atoms with Crippen molar-refractivity contribution < 1.29 is 23.7 Å². The topological polar surface area (TPSA) is 46.2 Å². The predicted octanol–water partition coefficient (Wildman–Crippen LogP) is 5.54. The molecule has 0 heterocycles. The molecule has 0 radical (unpaired) electrons. The molecule has 0 aromatic carbocycles. The summed E-state index contributed by atoms with van der Waals surface area (Å²) in [6, 6.07) is 0. The van der Waals surface area contributed by atoms with Gasteiger partial charge in [-0.15, -0.1) is 0 Å². The number of hydrogen-bond acceptors (Lipinski definition) is 5. The van der Waals surface area contributed by atoms with Crippen molar-refractivity contribution in [3.05, 3.63) is 0 Å². The highest BCUT2D eigenvalue weighted by Gasteiger charge is 2.55. The maximum absolute atomic E-state index is 6.81. The third-order valence-electron chi connectivity index (χ3n) is 8.58. The maximum atomic E-state index is 6.81. The average Bonchev–Trinajstić information content (AvgIpc) is 3.67. The van der Waals surface area contributed by atoms with Gasteiger partial charge in [0.1, 0.15) is 12.4 Å². The molecule has 0 amide bonds. The summed E-state index contributed by atoms with van der Waals surface area (Å²) < 4.78 is 32.1. The molecule has 5 aliphatic carbocycles. The van der Waals surface area contributed by atoms with Gasteiger partial charge in [0.25, 0.3) is 0 Å². The Morgan fingerprint density at radius 3 is 1.87 bits per heavy atom. The van der Waals surface area contributed by atoms with Crippen molar-refractivity contribution in [2.45, 2.75) is 133 Å². The lowest BCUT2D eigenvalue weighted by Crippen LogP contribution is -2.59. The Morgan fingerprint density at radius 2 is 1.16 bits per heavy atom. The first-order chi connectivity index (χ1) is 15.3. The first-order valence-corrected chi connectivity index (χ1v) is 13.4. The van der Waals surface area contributed by atoms with Gasteiger partial charge in [-0.3, -0.25) is 0 Å². The molecule has 2 unspecified atom stereocenters. The van der Waals surface area contributed by atoms with Gasteiger partial charge in [0, 0.05) is 12.0 Å². The van der Waals surface area contributed by atoms with Crippen LogP contribution in [0.25, 0.3) is 0 Å². The van der Waals surface area contributed by atoms with E-state index in [1.807, 2.05) is 0 Å². The van der Waals surface area contributed by atoms with Crippen LogP contribution in [0.1, 0.15) is 103 Å². The van der Waals surface area contributed by atoms with Crippen LogP contribution < -0.4 is 0 Å². The fourth-order valence-corrected chi connectivity index (χ4v) is 5.74. The molecule has 0 aliphatic heterocycles. The van der Waals surface area contributed by atoms with E-state index in [4.69, 9.17) is 23.7 Å². The standard InChI is InChI=1S/C26H44O5/c1-2-7-22(6-1)30-20-31-26(19-29-21-8-5-9-21)15-4-3-14-25(26,18-28-24-12-13-24)16-17-27-23-10-11-23/h21-24H,1-20H2. The van der Waals surface area contributed by atoms with E-state index in [0.717, 1.165) is 32.5 Å². The molecule has 5 rings (SSSR count). The SMILES string of the molecule is C1CCC(OCOC2(COC3CCC3)CCCCC2(CCOC2CC2)COC2CC2)C1. The number of hydrogen-bond donors (Lipinski definition) is 0. The number of rotatable bonds is 14. The van der Waals surface area contributed by atoms with Crippen molar-refractivity contribution in [2.75, 3.05) is 26.6 Å². The van der Waals surface area contributed by atoms with E-state index in [-0.39, 0.29) is 11.0 Å². The normalized spacial score (nSPS) is 34.8. The molecule has 0 aromatic rings. The molecule has 0 bridgehead atoms. The first kappa shape index (κ1) is 22.6. The Balaban J connectivity index is 1.30.